The van der Waals surface area contributed by atoms with Crippen LogP contribution < -0.4 is 5.32 Å². The summed E-state index contributed by atoms with van der Waals surface area (Å²) in [7, 11) is 0. The number of thioether (sulfide) groups is 1. The van der Waals surface area contributed by atoms with E-state index in [1.165, 1.54) is 18.2 Å². The number of nitro groups is 1. The quantitative estimate of drug-likeness (QED) is 0.183. The molecule has 4 aromatic rings. The topological polar surface area (TPSA) is 111 Å². The van der Waals surface area contributed by atoms with Crippen molar-refractivity contribution >= 4 is 40.6 Å². The standard InChI is InChI=1S/C25H20ClN5O3S/c1-15-3-7-17(8-4-15)23-24(18-9-5-16(2)6-10-18)29-30-25(28-23)35-14-22(32)27-21-13-19(31(33)34)11-12-20(21)26/h3-13H,14H2,1-2H3,(H,27,32). The average molecular weight is 506 g/mol. The minimum Gasteiger partial charge on any atom is -0.324 e. The molecule has 0 radical (unpaired) electrons. The number of nitro benzene ring substituents is 1. The molecule has 0 aliphatic heterocycles. The number of rotatable bonds is 7. The van der Waals surface area contributed by atoms with Crippen molar-refractivity contribution in [2.24, 2.45) is 0 Å². The van der Waals surface area contributed by atoms with Gasteiger partial charge in [0.1, 0.15) is 11.4 Å². The van der Waals surface area contributed by atoms with Crippen LogP contribution >= 0.6 is 23.4 Å². The maximum absolute atomic E-state index is 12.5. The number of carbonyl (C=O) groups is 1. The second-order valence-electron chi connectivity index (χ2n) is 7.78. The van der Waals surface area contributed by atoms with Crippen molar-refractivity contribution in [1.29, 1.82) is 0 Å². The number of halogens is 1. The number of anilines is 1. The highest BCUT2D eigenvalue weighted by Crippen LogP contribution is 2.31. The monoisotopic (exact) mass is 505 g/mol. The number of carbonyl (C=O) groups excluding carboxylic acids is 1. The molecule has 0 aliphatic carbocycles. The van der Waals surface area contributed by atoms with Gasteiger partial charge < -0.3 is 5.32 Å². The summed E-state index contributed by atoms with van der Waals surface area (Å²) in [5, 5.41) is 22.8. The van der Waals surface area contributed by atoms with Crippen LogP contribution in [-0.4, -0.2) is 31.8 Å². The Morgan fingerprint density at radius 1 is 0.943 bits per heavy atom. The molecule has 1 aromatic heterocycles. The van der Waals surface area contributed by atoms with Gasteiger partial charge in [-0.05, 0) is 19.9 Å². The molecule has 4 rings (SSSR count). The van der Waals surface area contributed by atoms with Gasteiger partial charge in [0.2, 0.25) is 11.1 Å². The molecular weight excluding hydrogens is 486 g/mol. The Bertz CT molecular complexity index is 1400. The van der Waals surface area contributed by atoms with Crippen molar-refractivity contribution in [2.45, 2.75) is 19.0 Å². The second-order valence-corrected chi connectivity index (χ2v) is 9.13. The van der Waals surface area contributed by atoms with E-state index in [0.717, 1.165) is 34.0 Å². The maximum Gasteiger partial charge on any atom is 0.271 e. The Balaban J connectivity index is 1.56. The molecule has 1 amide bonds. The summed E-state index contributed by atoms with van der Waals surface area (Å²) < 4.78 is 0. The van der Waals surface area contributed by atoms with E-state index in [9.17, 15) is 14.9 Å². The fourth-order valence-corrected chi connectivity index (χ4v) is 3.98. The molecule has 0 bridgehead atoms. The minimum absolute atomic E-state index is 0.0298. The van der Waals surface area contributed by atoms with Gasteiger partial charge in [-0.1, -0.05) is 83.0 Å². The third-order valence-corrected chi connectivity index (χ3v) is 6.25. The average Bonchev–Trinajstić information content (AvgIpc) is 2.85. The summed E-state index contributed by atoms with van der Waals surface area (Å²) in [6, 6.07) is 19.8. The molecule has 176 valence electrons. The highest BCUT2D eigenvalue weighted by Gasteiger charge is 2.16. The number of nitrogens with zero attached hydrogens (tertiary/aromatic N) is 4. The van der Waals surface area contributed by atoms with Gasteiger partial charge in [-0.2, -0.15) is 0 Å². The van der Waals surface area contributed by atoms with E-state index < -0.39 is 10.8 Å². The van der Waals surface area contributed by atoms with Crippen LogP contribution in [0, 0.1) is 24.0 Å². The number of aromatic nitrogens is 3. The van der Waals surface area contributed by atoms with Gasteiger partial charge in [0.05, 0.1) is 21.4 Å². The van der Waals surface area contributed by atoms with E-state index in [4.69, 9.17) is 16.6 Å². The van der Waals surface area contributed by atoms with Gasteiger partial charge in [-0.3, -0.25) is 14.9 Å². The fraction of sp³-hybridized carbons (Fsp3) is 0.120. The molecule has 0 atom stereocenters. The molecule has 1 N–H and O–H groups in total. The van der Waals surface area contributed by atoms with Gasteiger partial charge in [0, 0.05) is 23.3 Å². The third-order valence-electron chi connectivity index (χ3n) is 5.08. The van der Waals surface area contributed by atoms with Crippen molar-refractivity contribution in [3.05, 3.63) is 93.0 Å². The summed E-state index contributed by atoms with van der Waals surface area (Å²) in [6.45, 7) is 4.02. The number of non-ortho nitro benzene ring substituents is 1. The van der Waals surface area contributed by atoms with Crippen LogP contribution in [0.1, 0.15) is 11.1 Å². The summed E-state index contributed by atoms with van der Waals surface area (Å²) in [5.41, 5.74) is 5.34. The lowest BCUT2D eigenvalue weighted by Gasteiger charge is -2.10. The van der Waals surface area contributed by atoms with E-state index in [1.807, 2.05) is 62.4 Å². The molecule has 35 heavy (non-hydrogen) atoms. The fourth-order valence-electron chi connectivity index (χ4n) is 3.23. The summed E-state index contributed by atoms with van der Waals surface area (Å²) in [5.74, 6) is -0.432. The zero-order valence-corrected chi connectivity index (χ0v) is 20.4. The molecule has 0 fully saturated rings. The van der Waals surface area contributed by atoms with Crippen LogP contribution in [-0.2, 0) is 4.79 Å². The molecule has 0 saturated carbocycles. The zero-order chi connectivity index (χ0) is 24.9. The molecule has 1 heterocycles. The predicted octanol–water partition coefficient (Wildman–Crippen LogP) is 6.11. The van der Waals surface area contributed by atoms with Crippen molar-refractivity contribution < 1.29 is 9.72 Å². The zero-order valence-electron chi connectivity index (χ0n) is 18.9. The molecule has 0 unspecified atom stereocenters. The molecule has 0 spiro atoms. The van der Waals surface area contributed by atoms with Crippen LogP contribution in [0.25, 0.3) is 22.5 Å². The smallest absolute Gasteiger partial charge is 0.271 e. The SMILES string of the molecule is Cc1ccc(-c2nnc(SCC(=O)Nc3cc([N+](=O)[O-])ccc3Cl)nc2-c2ccc(C)cc2)cc1. The maximum atomic E-state index is 12.5. The van der Waals surface area contributed by atoms with Gasteiger partial charge in [0.15, 0.2) is 0 Å². The predicted molar refractivity (Wildman–Crippen MR) is 138 cm³/mol. The summed E-state index contributed by atoms with van der Waals surface area (Å²) in [6.07, 6.45) is 0. The van der Waals surface area contributed by atoms with Crippen molar-refractivity contribution in [1.82, 2.24) is 15.2 Å². The van der Waals surface area contributed by atoms with E-state index in [-0.39, 0.29) is 22.2 Å². The van der Waals surface area contributed by atoms with E-state index >= 15 is 0 Å². The van der Waals surface area contributed by atoms with Crippen LogP contribution in [0.2, 0.25) is 5.02 Å². The number of amides is 1. The first-order chi connectivity index (χ1) is 16.8. The van der Waals surface area contributed by atoms with Crippen molar-refractivity contribution in [2.75, 3.05) is 11.1 Å². The van der Waals surface area contributed by atoms with Crippen LogP contribution in [0.3, 0.4) is 0 Å². The molecule has 0 saturated heterocycles. The largest absolute Gasteiger partial charge is 0.324 e. The van der Waals surface area contributed by atoms with Gasteiger partial charge in [0.25, 0.3) is 5.69 Å². The number of nitrogens with one attached hydrogen (secondary N) is 1. The summed E-state index contributed by atoms with van der Waals surface area (Å²) in [4.78, 5) is 27.6. The summed E-state index contributed by atoms with van der Waals surface area (Å²) >= 11 is 7.18. The van der Waals surface area contributed by atoms with Crippen molar-refractivity contribution in [3.8, 4) is 22.5 Å². The van der Waals surface area contributed by atoms with Gasteiger partial charge in [-0.25, -0.2) is 4.98 Å². The third kappa shape index (κ3) is 6.00. The highest BCUT2D eigenvalue weighted by atomic mass is 35.5. The first-order valence-electron chi connectivity index (χ1n) is 10.6. The lowest BCUT2D eigenvalue weighted by Crippen LogP contribution is -2.15. The molecular formula is C25H20ClN5O3S. The Morgan fingerprint density at radius 2 is 1.54 bits per heavy atom. The normalized spacial score (nSPS) is 10.7. The Labute approximate surface area is 210 Å². The van der Waals surface area contributed by atoms with E-state index in [0.29, 0.717) is 16.5 Å². The Kier molecular flexibility index (Phi) is 7.38. The number of aryl methyl sites for hydroxylation is 2. The van der Waals surface area contributed by atoms with Crippen LogP contribution in [0.15, 0.2) is 71.9 Å². The molecule has 3 aromatic carbocycles. The molecule has 0 aliphatic rings. The lowest BCUT2D eigenvalue weighted by atomic mass is 10.0. The Morgan fingerprint density at radius 3 is 2.14 bits per heavy atom. The Hall–Kier alpha value is -3.82. The highest BCUT2D eigenvalue weighted by molar-refractivity contribution is 7.99. The lowest BCUT2D eigenvalue weighted by molar-refractivity contribution is -0.384. The minimum atomic E-state index is -0.553. The molecule has 8 nitrogen and oxygen atoms in total. The number of hydrogen-bond acceptors (Lipinski definition) is 7. The molecule has 10 heteroatoms. The van der Waals surface area contributed by atoms with E-state index in [1.54, 1.807) is 0 Å². The number of benzene rings is 3. The first kappa shape index (κ1) is 24.3. The van der Waals surface area contributed by atoms with E-state index in [2.05, 4.69) is 15.5 Å². The first-order valence-corrected chi connectivity index (χ1v) is 11.9. The van der Waals surface area contributed by atoms with Crippen molar-refractivity contribution in [3.63, 3.8) is 0 Å². The second kappa shape index (κ2) is 10.6. The van der Waals surface area contributed by atoms with Gasteiger partial charge >= 0.3 is 0 Å². The van der Waals surface area contributed by atoms with Gasteiger partial charge in [-0.15, -0.1) is 10.2 Å². The van der Waals surface area contributed by atoms with Crippen LogP contribution in [0.4, 0.5) is 11.4 Å². The van der Waals surface area contributed by atoms with Crippen LogP contribution in [0.5, 0.6) is 0 Å². The number of hydrogen-bond donors (Lipinski definition) is 1.